The highest BCUT2D eigenvalue weighted by molar-refractivity contribution is 6.21. The summed E-state index contributed by atoms with van der Waals surface area (Å²) in [4.78, 5) is 0. The molecule has 0 aliphatic carbocycles. The van der Waals surface area contributed by atoms with E-state index in [0.717, 1.165) is 11.4 Å². The lowest BCUT2D eigenvalue weighted by atomic mass is 9.93. The Hall–Kier alpha value is -8.20. The third kappa shape index (κ3) is 5.88. The molecule has 62 heavy (non-hydrogen) atoms. The van der Waals surface area contributed by atoms with Crippen LogP contribution in [0.1, 0.15) is 0 Å². The molecular formula is C60H40N2. The maximum Gasteiger partial charge on any atom is 0.0625 e. The van der Waals surface area contributed by atoms with Crippen LogP contribution in [-0.4, -0.2) is 9.13 Å². The molecule has 10 aromatic carbocycles. The van der Waals surface area contributed by atoms with Crippen LogP contribution in [0.2, 0.25) is 0 Å². The predicted molar refractivity (Wildman–Crippen MR) is 262 cm³/mol. The number of hydrogen-bond donors (Lipinski definition) is 0. The van der Waals surface area contributed by atoms with Gasteiger partial charge in [-0.15, -0.1) is 0 Å². The molecule has 0 spiro atoms. The second kappa shape index (κ2) is 14.8. The van der Waals surface area contributed by atoms with Gasteiger partial charge in [0.05, 0.1) is 22.1 Å². The SMILES string of the molecule is c1ccc(-c2cc(-c3ccccc3)c3c(c2)c2cc(-c4ccc5c(c4)c4c(-c6ccccc6)ccc(-c6ccccc6)c4n5-c4ccccc4)ccc2n3-c2ccccc2)cc1. The van der Waals surface area contributed by atoms with Crippen molar-refractivity contribution in [1.82, 2.24) is 9.13 Å². The molecule has 2 heterocycles. The van der Waals surface area contributed by atoms with Gasteiger partial charge in [-0.1, -0.05) is 182 Å². The molecule has 2 heteroatoms. The van der Waals surface area contributed by atoms with Gasteiger partial charge >= 0.3 is 0 Å². The van der Waals surface area contributed by atoms with E-state index in [1.54, 1.807) is 0 Å². The summed E-state index contributed by atoms with van der Waals surface area (Å²) in [5.74, 6) is 0. The molecule has 0 aliphatic heterocycles. The van der Waals surface area contributed by atoms with Gasteiger partial charge in [-0.05, 0) is 105 Å². The van der Waals surface area contributed by atoms with E-state index < -0.39 is 0 Å². The molecule has 0 unspecified atom stereocenters. The van der Waals surface area contributed by atoms with Gasteiger partial charge in [-0.2, -0.15) is 0 Å². The molecule has 0 aliphatic rings. The van der Waals surface area contributed by atoms with Crippen molar-refractivity contribution in [2.75, 3.05) is 0 Å². The Morgan fingerprint density at radius 2 is 0.629 bits per heavy atom. The molecular weight excluding hydrogens is 749 g/mol. The van der Waals surface area contributed by atoms with E-state index in [0.29, 0.717) is 0 Å². The first kappa shape index (κ1) is 35.7. The third-order valence-corrected chi connectivity index (χ3v) is 12.5. The Labute approximate surface area is 360 Å². The van der Waals surface area contributed by atoms with Crippen molar-refractivity contribution in [1.29, 1.82) is 0 Å². The second-order valence-corrected chi connectivity index (χ2v) is 16.1. The van der Waals surface area contributed by atoms with Crippen LogP contribution in [0.15, 0.2) is 243 Å². The van der Waals surface area contributed by atoms with Gasteiger partial charge in [-0.3, -0.25) is 0 Å². The average Bonchev–Trinajstić information content (AvgIpc) is 3.88. The monoisotopic (exact) mass is 788 g/mol. The average molecular weight is 789 g/mol. The zero-order valence-corrected chi connectivity index (χ0v) is 34.0. The van der Waals surface area contributed by atoms with E-state index >= 15 is 0 Å². The molecule has 12 aromatic rings. The van der Waals surface area contributed by atoms with Crippen molar-refractivity contribution in [3.05, 3.63) is 243 Å². The van der Waals surface area contributed by atoms with Crippen molar-refractivity contribution >= 4 is 43.6 Å². The fraction of sp³-hybridized carbons (Fsp3) is 0. The van der Waals surface area contributed by atoms with Crippen molar-refractivity contribution < 1.29 is 0 Å². The highest BCUT2D eigenvalue weighted by Gasteiger charge is 2.23. The number of fused-ring (bicyclic) bond motifs is 6. The summed E-state index contributed by atoms with van der Waals surface area (Å²) in [6.07, 6.45) is 0. The summed E-state index contributed by atoms with van der Waals surface area (Å²) in [6.45, 7) is 0. The maximum absolute atomic E-state index is 2.47. The van der Waals surface area contributed by atoms with E-state index in [9.17, 15) is 0 Å². The Morgan fingerprint density at radius 3 is 1.18 bits per heavy atom. The van der Waals surface area contributed by atoms with Crippen LogP contribution >= 0.6 is 0 Å². The Balaban J connectivity index is 1.16. The van der Waals surface area contributed by atoms with Crippen LogP contribution in [-0.2, 0) is 0 Å². The first-order valence-electron chi connectivity index (χ1n) is 21.3. The quantitative estimate of drug-likeness (QED) is 0.152. The molecule has 0 radical (unpaired) electrons. The smallest absolute Gasteiger partial charge is 0.0625 e. The number of nitrogens with zero attached hydrogens (tertiary/aromatic N) is 2. The lowest BCUT2D eigenvalue weighted by molar-refractivity contribution is 1.18. The number of benzene rings is 10. The number of para-hydroxylation sites is 2. The molecule has 0 bridgehead atoms. The molecule has 12 rings (SSSR count). The molecule has 0 saturated carbocycles. The number of aromatic nitrogens is 2. The second-order valence-electron chi connectivity index (χ2n) is 16.1. The molecule has 0 amide bonds. The van der Waals surface area contributed by atoms with Gasteiger partial charge < -0.3 is 9.13 Å². The third-order valence-electron chi connectivity index (χ3n) is 12.5. The summed E-state index contributed by atoms with van der Waals surface area (Å²) in [5.41, 5.74) is 19.0. The van der Waals surface area contributed by atoms with Gasteiger partial charge in [0.2, 0.25) is 0 Å². The molecule has 0 fully saturated rings. The predicted octanol–water partition coefficient (Wildman–Crippen LogP) is 16.2. The van der Waals surface area contributed by atoms with Crippen molar-refractivity contribution in [3.8, 4) is 67.0 Å². The van der Waals surface area contributed by atoms with E-state index in [-0.39, 0.29) is 0 Å². The van der Waals surface area contributed by atoms with Crippen molar-refractivity contribution in [2.45, 2.75) is 0 Å². The molecule has 0 atom stereocenters. The molecule has 2 aromatic heterocycles. The van der Waals surface area contributed by atoms with Gasteiger partial charge in [0, 0.05) is 44.0 Å². The number of hydrogen-bond acceptors (Lipinski definition) is 0. The Kier molecular flexibility index (Phi) is 8.53. The lowest BCUT2D eigenvalue weighted by Gasteiger charge is -2.14. The van der Waals surface area contributed by atoms with Crippen LogP contribution < -0.4 is 0 Å². The highest BCUT2D eigenvalue weighted by atomic mass is 15.0. The Bertz CT molecular complexity index is 3570. The van der Waals surface area contributed by atoms with E-state index in [2.05, 4.69) is 252 Å². The summed E-state index contributed by atoms with van der Waals surface area (Å²) in [6, 6.07) is 88.4. The van der Waals surface area contributed by atoms with Crippen LogP contribution in [0.5, 0.6) is 0 Å². The molecule has 0 N–H and O–H groups in total. The minimum Gasteiger partial charge on any atom is -0.309 e. The topological polar surface area (TPSA) is 9.86 Å². The molecule has 290 valence electrons. The fourth-order valence-corrected chi connectivity index (χ4v) is 9.69. The first-order valence-corrected chi connectivity index (χ1v) is 21.3. The van der Waals surface area contributed by atoms with Gasteiger partial charge in [0.1, 0.15) is 0 Å². The Morgan fingerprint density at radius 1 is 0.226 bits per heavy atom. The van der Waals surface area contributed by atoms with E-state index in [4.69, 9.17) is 0 Å². The first-order chi connectivity index (χ1) is 30.8. The zero-order valence-electron chi connectivity index (χ0n) is 34.0. The van der Waals surface area contributed by atoms with Crippen molar-refractivity contribution in [2.24, 2.45) is 0 Å². The van der Waals surface area contributed by atoms with Gasteiger partial charge in [0.25, 0.3) is 0 Å². The van der Waals surface area contributed by atoms with Crippen molar-refractivity contribution in [3.63, 3.8) is 0 Å². The largest absolute Gasteiger partial charge is 0.309 e. The van der Waals surface area contributed by atoms with Crippen LogP contribution in [0.4, 0.5) is 0 Å². The van der Waals surface area contributed by atoms with Crippen LogP contribution in [0.25, 0.3) is 111 Å². The molecule has 0 saturated heterocycles. The highest BCUT2D eigenvalue weighted by Crippen LogP contribution is 2.46. The van der Waals surface area contributed by atoms with Gasteiger partial charge in [-0.25, -0.2) is 0 Å². The maximum atomic E-state index is 2.47. The number of rotatable bonds is 7. The lowest BCUT2D eigenvalue weighted by Crippen LogP contribution is -1.96. The fourth-order valence-electron chi connectivity index (χ4n) is 9.69. The summed E-state index contributed by atoms with van der Waals surface area (Å²) in [5, 5.41) is 4.92. The summed E-state index contributed by atoms with van der Waals surface area (Å²) >= 11 is 0. The summed E-state index contributed by atoms with van der Waals surface area (Å²) < 4.78 is 4.93. The van der Waals surface area contributed by atoms with E-state index in [1.165, 1.54) is 99.2 Å². The van der Waals surface area contributed by atoms with E-state index in [1.807, 2.05) is 0 Å². The van der Waals surface area contributed by atoms with Crippen LogP contribution in [0.3, 0.4) is 0 Å². The summed E-state index contributed by atoms with van der Waals surface area (Å²) in [7, 11) is 0. The normalized spacial score (nSPS) is 11.5. The van der Waals surface area contributed by atoms with Crippen LogP contribution in [0, 0.1) is 0 Å². The zero-order chi connectivity index (χ0) is 41.0. The standard InChI is InChI=1S/C60H40N2/c1-7-19-41(20-8-1)47-39-52(44-25-13-4-14-26-44)59-54(40-47)53-37-45(31-35-56(53)61(59)48-27-15-5-16-28-48)46-32-36-57-55(38-46)58-50(42-21-9-2-10-22-42)33-34-51(43-23-11-3-12-24-43)60(58)62(57)49-29-17-6-18-30-49/h1-40H. The molecule has 2 nitrogen and oxygen atoms in total. The van der Waals surface area contributed by atoms with Gasteiger partial charge in [0.15, 0.2) is 0 Å². The minimum atomic E-state index is 1.14. The minimum absolute atomic E-state index is 1.14.